The minimum atomic E-state index is 0.0462. The summed E-state index contributed by atoms with van der Waals surface area (Å²) in [4.78, 5) is 14.5. The van der Waals surface area contributed by atoms with E-state index in [1.165, 1.54) is 11.3 Å². The van der Waals surface area contributed by atoms with Crippen molar-refractivity contribution in [1.82, 2.24) is 5.32 Å². The molecular formula is C21H24N2O4. The zero-order valence-corrected chi connectivity index (χ0v) is 15.3. The fraction of sp³-hybridized carbons (Fsp3) is 0.381. The lowest BCUT2D eigenvalue weighted by atomic mass is 10.1. The van der Waals surface area contributed by atoms with Crippen molar-refractivity contribution in [3.63, 3.8) is 0 Å². The summed E-state index contributed by atoms with van der Waals surface area (Å²) < 4.78 is 16.0. The topological polar surface area (TPSA) is 60.0 Å². The second-order valence-corrected chi connectivity index (χ2v) is 6.73. The predicted molar refractivity (Wildman–Crippen MR) is 102 cm³/mol. The second kappa shape index (κ2) is 8.31. The highest BCUT2D eigenvalue weighted by atomic mass is 16.7. The third kappa shape index (κ3) is 4.52. The Morgan fingerprint density at radius 3 is 2.52 bits per heavy atom. The van der Waals surface area contributed by atoms with Gasteiger partial charge in [-0.1, -0.05) is 18.2 Å². The van der Waals surface area contributed by atoms with Crippen LogP contribution in [0.4, 0.5) is 5.69 Å². The van der Waals surface area contributed by atoms with E-state index in [9.17, 15) is 4.79 Å². The molecule has 2 aliphatic rings. The fourth-order valence-electron chi connectivity index (χ4n) is 3.29. The molecule has 0 aliphatic carbocycles. The van der Waals surface area contributed by atoms with E-state index < -0.39 is 0 Å². The number of morpholine rings is 1. The summed E-state index contributed by atoms with van der Waals surface area (Å²) in [6.07, 6.45) is 1.21. The average molecular weight is 368 g/mol. The van der Waals surface area contributed by atoms with Crippen LogP contribution >= 0.6 is 0 Å². The van der Waals surface area contributed by atoms with E-state index >= 15 is 0 Å². The van der Waals surface area contributed by atoms with Gasteiger partial charge in [0.15, 0.2) is 11.5 Å². The molecule has 0 atom stereocenters. The minimum absolute atomic E-state index is 0.0462. The fourth-order valence-corrected chi connectivity index (χ4v) is 3.29. The van der Waals surface area contributed by atoms with Crippen LogP contribution in [0.2, 0.25) is 0 Å². The first-order valence-electron chi connectivity index (χ1n) is 9.35. The number of hydrogen-bond acceptors (Lipinski definition) is 5. The summed E-state index contributed by atoms with van der Waals surface area (Å²) >= 11 is 0. The van der Waals surface area contributed by atoms with E-state index in [1.54, 1.807) is 0 Å². The Morgan fingerprint density at radius 2 is 1.70 bits per heavy atom. The summed E-state index contributed by atoms with van der Waals surface area (Å²) in [6, 6.07) is 14.2. The van der Waals surface area contributed by atoms with E-state index in [1.807, 2.05) is 18.2 Å². The summed E-state index contributed by atoms with van der Waals surface area (Å²) in [5, 5.41) is 2.97. The van der Waals surface area contributed by atoms with Crippen LogP contribution in [0.5, 0.6) is 11.5 Å². The maximum Gasteiger partial charge on any atom is 0.231 e. The van der Waals surface area contributed by atoms with Gasteiger partial charge >= 0.3 is 0 Å². The number of rotatable bonds is 6. The number of nitrogens with zero attached hydrogens (tertiary/aromatic N) is 1. The maximum atomic E-state index is 12.1. The number of ether oxygens (including phenoxy) is 3. The molecule has 2 aromatic rings. The molecule has 0 radical (unpaired) electrons. The second-order valence-electron chi connectivity index (χ2n) is 6.73. The summed E-state index contributed by atoms with van der Waals surface area (Å²) in [5.74, 6) is 1.54. The van der Waals surface area contributed by atoms with E-state index in [-0.39, 0.29) is 12.7 Å². The number of anilines is 1. The van der Waals surface area contributed by atoms with E-state index in [0.29, 0.717) is 13.0 Å². The van der Waals surface area contributed by atoms with Gasteiger partial charge in [-0.2, -0.15) is 0 Å². The average Bonchev–Trinajstić information content (AvgIpc) is 3.19. The molecule has 27 heavy (non-hydrogen) atoms. The Hall–Kier alpha value is -2.73. The maximum absolute atomic E-state index is 12.1. The van der Waals surface area contributed by atoms with Crippen molar-refractivity contribution in [1.29, 1.82) is 0 Å². The summed E-state index contributed by atoms with van der Waals surface area (Å²) in [6.45, 7) is 4.18. The highest BCUT2D eigenvalue weighted by molar-refractivity contribution is 5.76. The van der Waals surface area contributed by atoms with Gasteiger partial charge in [0.1, 0.15) is 0 Å². The van der Waals surface area contributed by atoms with Crippen LogP contribution in [0.3, 0.4) is 0 Å². The first kappa shape index (κ1) is 17.7. The molecular weight excluding hydrogens is 344 g/mol. The SMILES string of the molecule is O=C(CCc1ccc(N2CCOCC2)cc1)NCc1ccc2c(c1)OCO2. The molecule has 0 spiro atoms. The number of amides is 1. The van der Waals surface area contributed by atoms with E-state index in [4.69, 9.17) is 14.2 Å². The van der Waals surface area contributed by atoms with Crippen molar-refractivity contribution >= 4 is 11.6 Å². The van der Waals surface area contributed by atoms with Crippen molar-refractivity contribution in [3.8, 4) is 11.5 Å². The van der Waals surface area contributed by atoms with Gasteiger partial charge < -0.3 is 24.4 Å². The molecule has 1 amide bonds. The molecule has 2 aromatic carbocycles. The predicted octanol–water partition coefficient (Wildman–Crippen LogP) is 2.50. The summed E-state index contributed by atoms with van der Waals surface area (Å²) in [5.41, 5.74) is 3.39. The largest absolute Gasteiger partial charge is 0.454 e. The number of hydrogen-bond donors (Lipinski definition) is 1. The standard InChI is InChI=1S/C21H24N2O4/c24-21(22-14-17-3-7-19-20(13-17)27-15-26-19)8-4-16-1-5-18(6-2-16)23-9-11-25-12-10-23/h1-3,5-7,13H,4,8-12,14-15H2,(H,22,24). The highest BCUT2D eigenvalue weighted by Gasteiger charge is 2.14. The molecule has 1 N–H and O–H groups in total. The smallest absolute Gasteiger partial charge is 0.231 e. The lowest BCUT2D eigenvalue weighted by Crippen LogP contribution is -2.36. The Balaban J connectivity index is 1.23. The van der Waals surface area contributed by atoms with Gasteiger partial charge in [0, 0.05) is 31.7 Å². The monoisotopic (exact) mass is 368 g/mol. The van der Waals surface area contributed by atoms with Gasteiger partial charge in [-0.15, -0.1) is 0 Å². The van der Waals surface area contributed by atoms with Crippen molar-refractivity contribution in [2.45, 2.75) is 19.4 Å². The molecule has 4 rings (SSSR count). The molecule has 0 saturated carbocycles. The number of aryl methyl sites for hydroxylation is 1. The number of nitrogens with one attached hydrogen (secondary N) is 1. The van der Waals surface area contributed by atoms with Crippen LogP contribution in [0.15, 0.2) is 42.5 Å². The lowest BCUT2D eigenvalue weighted by Gasteiger charge is -2.28. The quantitative estimate of drug-likeness (QED) is 0.849. The normalized spacial score (nSPS) is 15.6. The first-order chi connectivity index (χ1) is 13.3. The molecule has 2 aliphatic heterocycles. The van der Waals surface area contributed by atoms with E-state index in [2.05, 4.69) is 34.5 Å². The Labute approximate surface area is 159 Å². The van der Waals surface area contributed by atoms with E-state index in [0.717, 1.165) is 49.8 Å². The number of carbonyl (C=O) groups is 1. The molecule has 1 saturated heterocycles. The molecule has 0 unspecified atom stereocenters. The molecule has 6 nitrogen and oxygen atoms in total. The number of fused-ring (bicyclic) bond motifs is 1. The molecule has 0 bridgehead atoms. The summed E-state index contributed by atoms with van der Waals surface area (Å²) in [7, 11) is 0. The highest BCUT2D eigenvalue weighted by Crippen LogP contribution is 2.32. The molecule has 142 valence electrons. The molecule has 2 heterocycles. The van der Waals surface area contributed by atoms with Gasteiger partial charge in [0.05, 0.1) is 13.2 Å². The van der Waals surface area contributed by atoms with Crippen LogP contribution in [0, 0.1) is 0 Å². The van der Waals surface area contributed by atoms with Gasteiger partial charge in [-0.25, -0.2) is 0 Å². The third-order valence-corrected chi connectivity index (χ3v) is 4.88. The Bertz CT molecular complexity index is 785. The van der Waals surface area contributed by atoms with Crippen LogP contribution in [-0.2, 0) is 22.5 Å². The van der Waals surface area contributed by atoms with Crippen molar-refractivity contribution < 1.29 is 19.0 Å². The molecule has 6 heteroatoms. The number of benzene rings is 2. The van der Waals surface area contributed by atoms with Gasteiger partial charge in [-0.3, -0.25) is 4.79 Å². The van der Waals surface area contributed by atoms with Crippen molar-refractivity contribution in [3.05, 3.63) is 53.6 Å². The Kier molecular flexibility index (Phi) is 5.44. The van der Waals surface area contributed by atoms with Crippen molar-refractivity contribution in [2.24, 2.45) is 0 Å². The van der Waals surface area contributed by atoms with Crippen LogP contribution in [0.25, 0.3) is 0 Å². The van der Waals surface area contributed by atoms with Gasteiger partial charge in [0.2, 0.25) is 12.7 Å². The Morgan fingerprint density at radius 1 is 0.963 bits per heavy atom. The zero-order valence-electron chi connectivity index (χ0n) is 15.3. The first-order valence-corrected chi connectivity index (χ1v) is 9.35. The molecule has 1 fully saturated rings. The molecule has 0 aromatic heterocycles. The lowest BCUT2D eigenvalue weighted by molar-refractivity contribution is -0.121. The third-order valence-electron chi connectivity index (χ3n) is 4.88. The van der Waals surface area contributed by atoms with Crippen LogP contribution < -0.4 is 19.7 Å². The van der Waals surface area contributed by atoms with Crippen molar-refractivity contribution in [2.75, 3.05) is 38.0 Å². The minimum Gasteiger partial charge on any atom is -0.454 e. The van der Waals surface area contributed by atoms with Gasteiger partial charge in [-0.05, 0) is 41.8 Å². The van der Waals surface area contributed by atoms with Gasteiger partial charge in [0.25, 0.3) is 0 Å². The zero-order chi connectivity index (χ0) is 18.5. The van der Waals surface area contributed by atoms with Crippen LogP contribution in [-0.4, -0.2) is 39.0 Å². The number of carbonyl (C=O) groups excluding carboxylic acids is 1. The van der Waals surface area contributed by atoms with Crippen LogP contribution in [0.1, 0.15) is 17.5 Å².